The standard InChI is InChI=1S/C15H22N2O4S/c1-12-6-3-4-8-14(12)16-15(18)11-17(22(2,19)20)10-13-7-5-9-21-13/h3-4,6,8,13H,5,7,9-11H2,1-2H3,(H,16,18). The number of anilines is 1. The van der Waals surface area contributed by atoms with Crippen LogP contribution < -0.4 is 5.32 Å². The molecular formula is C15H22N2O4S. The third-order valence-electron chi connectivity index (χ3n) is 3.64. The summed E-state index contributed by atoms with van der Waals surface area (Å²) in [4.78, 5) is 12.1. The predicted octanol–water partition coefficient (Wildman–Crippen LogP) is 1.37. The summed E-state index contributed by atoms with van der Waals surface area (Å²) in [6.07, 6.45) is 2.74. The molecule has 1 aromatic rings. The molecule has 6 nitrogen and oxygen atoms in total. The van der Waals surface area contributed by atoms with Crippen molar-refractivity contribution in [2.45, 2.75) is 25.9 Å². The van der Waals surface area contributed by atoms with E-state index >= 15 is 0 Å². The zero-order valence-corrected chi connectivity index (χ0v) is 13.7. The fraction of sp³-hybridized carbons (Fsp3) is 0.533. The highest BCUT2D eigenvalue weighted by Crippen LogP contribution is 2.16. The lowest BCUT2D eigenvalue weighted by Crippen LogP contribution is -2.41. The molecule has 22 heavy (non-hydrogen) atoms. The van der Waals surface area contributed by atoms with Crippen molar-refractivity contribution in [3.8, 4) is 0 Å². The lowest BCUT2D eigenvalue weighted by Gasteiger charge is -2.22. The largest absolute Gasteiger partial charge is 0.377 e. The fourth-order valence-electron chi connectivity index (χ4n) is 2.40. The first-order chi connectivity index (χ1) is 10.4. The number of rotatable bonds is 6. The van der Waals surface area contributed by atoms with Gasteiger partial charge in [0.2, 0.25) is 15.9 Å². The van der Waals surface area contributed by atoms with Gasteiger partial charge < -0.3 is 10.1 Å². The van der Waals surface area contributed by atoms with E-state index in [2.05, 4.69) is 5.32 Å². The molecule has 0 aromatic heterocycles. The van der Waals surface area contributed by atoms with Gasteiger partial charge in [0.1, 0.15) is 0 Å². The number of hydrogen-bond acceptors (Lipinski definition) is 4. The SMILES string of the molecule is Cc1ccccc1NC(=O)CN(CC1CCCO1)S(C)(=O)=O. The number of nitrogens with one attached hydrogen (secondary N) is 1. The van der Waals surface area contributed by atoms with E-state index in [0.29, 0.717) is 12.3 Å². The Bertz CT molecular complexity index is 624. The van der Waals surface area contributed by atoms with Crippen molar-refractivity contribution in [2.24, 2.45) is 0 Å². The molecule has 0 bridgehead atoms. The molecule has 1 atom stereocenters. The molecule has 1 heterocycles. The number of amides is 1. The second kappa shape index (κ2) is 7.21. The van der Waals surface area contributed by atoms with E-state index in [1.165, 1.54) is 4.31 Å². The van der Waals surface area contributed by atoms with Crippen LogP contribution in [0.15, 0.2) is 24.3 Å². The average Bonchev–Trinajstić information content (AvgIpc) is 2.92. The zero-order valence-electron chi connectivity index (χ0n) is 12.9. The van der Waals surface area contributed by atoms with Crippen LogP contribution in [0, 0.1) is 6.92 Å². The maximum Gasteiger partial charge on any atom is 0.239 e. The van der Waals surface area contributed by atoms with Crippen LogP contribution in [0.4, 0.5) is 5.69 Å². The van der Waals surface area contributed by atoms with Crippen LogP contribution in [0.3, 0.4) is 0 Å². The smallest absolute Gasteiger partial charge is 0.239 e. The number of carbonyl (C=O) groups is 1. The van der Waals surface area contributed by atoms with Gasteiger partial charge in [-0.1, -0.05) is 18.2 Å². The molecule has 1 aliphatic rings. The van der Waals surface area contributed by atoms with Crippen molar-refractivity contribution >= 4 is 21.6 Å². The second-order valence-electron chi connectivity index (χ2n) is 5.55. The molecule has 1 amide bonds. The molecule has 1 fully saturated rings. The average molecular weight is 326 g/mol. The Balaban J connectivity index is 2.00. The Morgan fingerprint density at radius 1 is 1.41 bits per heavy atom. The van der Waals surface area contributed by atoms with Crippen LogP contribution in [0.25, 0.3) is 0 Å². The van der Waals surface area contributed by atoms with E-state index in [1.807, 2.05) is 25.1 Å². The van der Waals surface area contributed by atoms with E-state index in [4.69, 9.17) is 4.74 Å². The van der Waals surface area contributed by atoms with Crippen molar-refractivity contribution in [3.63, 3.8) is 0 Å². The van der Waals surface area contributed by atoms with Crippen LogP contribution in [-0.4, -0.2) is 50.7 Å². The van der Waals surface area contributed by atoms with Gasteiger partial charge in [-0.25, -0.2) is 8.42 Å². The van der Waals surface area contributed by atoms with Gasteiger partial charge in [0, 0.05) is 18.8 Å². The van der Waals surface area contributed by atoms with Gasteiger partial charge in [-0.2, -0.15) is 4.31 Å². The molecule has 2 rings (SSSR count). The van der Waals surface area contributed by atoms with Crippen molar-refractivity contribution in [1.29, 1.82) is 0 Å². The normalized spacial score (nSPS) is 18.6. The van der Waals surface area contributed by atoms with Gasteiger partial charge in [0.15, 0.2) is 0 Å². The Morgan fingerprint density at radius 2 is 2.14 bits per heavy atom. The minimum Gasteiger partial charge on any atom is -0.377 e. The first-order valence-electron chi connectivity index (χ1n) is 7.28. The first-order valence-corrected chi connectivity index (χ1v) is 9.13. The third kappa shape index (κ3) is 4.79. The summed E-state index contributed by atoms with van der Waals surface area (Å²) in [7, 11) is -3.46. The lowest BCUT2D eigenvalue weighted by atomic mass is 10.2. The van der Waals surface area contributed by atoms with Gasteiger partial charge in [-0.3, -0.25) is 4.79 Å². The van der Waals surface area contributed by atoms with Crippen LogP contribution in [-0.2, 0) is 19.6 Å². The zero-order chi connectivity index (χ0) is 16.2. The van der Waals surface area contributed by atoms with Crippen molar-refractivity contribution in [2.75, 3.05) is 31.3 Å². The molecule has 7 heteroatoms. The Hall–Kier alpha value is -1.44. The Morgan fingerprint density at radius 3 is 2.73 bits per heavy atom. The molecule has 0 spiro atoms. The summed E-state index contributed by atoms with van der Waals surface area (Å²) < 4.78 is 30.4. The molecule has 1 aliphatic heterocycles. The number of nitrogens with zero attached hydrogens (tertiary/aromatic N) is 1. The molecule has 0 aliphatic carbocycles. The minimum atomic E-state index is -3.46. The summed E-state index contributed by atoms with van der Waals surface area (Å²) >= 11 is 0. The number of ether oxygens (including phenoxy) is 1. The second-order valence-corrected chi connectivity index (χ2v) is 7.54. The van der Waals surface area contributed by atoms with Crippen LogP contribution in [0.2, 0.25) is 0 Å². The van der Waals surface area contributed by atoms with E-state index in [9.17, 15) is 13.2 Å². The summed E-state index contributed by atoms with van der Waals surface area (Å²) in [5.74, 6) is -0.349. The summed E-state index contributed by atoms with van der Waals surface area (Å²) in [6, 6.07) is 7.38. The highest BCUT2D eigenvalue weighted by molar-refractivity contribution is 7.88. The highest BCUT2D eigenvalue weighted by atomic mass is 32.2. The number of para-hydroxylation sites is 1. The maximum atomic E-state index is 12.1. The third-order valence-corrected chi connectivity index (χ3v) is 4.86. The summed E-state index contributed by atoms with van der Waals surface area (Å²) in [5.41, 5.74) is 1.62. The van der Waals surface area contributed by atoms with Crippen molar-refractivity contribution < 1.29 is 17.9 Å². The number of carbonyl (C=O) groups excluding carboxylic acids is 1. The van der Waals surface area contributed by atoms with Gasteiger partial charge in [-0.15, -0.1) is 0 Å². The molecular weight excluding hydrogens is 304 g/mol. The number of sulfonamides is 1. The van der Waals surface area contributed by atoms with Crippen LogP contribution in [0.1, 0.15) is 18.4 Å². The number of hydrogen-bond donors (Lipinski definition) is 1. The molecule has 1 unspecified atom stereocenters. The molecule has 1 saturated heterocycles. The molecule has 122 valence electrons. The van der Waals surface area contributed by atoms with Crippen molar-refractivity contribution in [1.82, 2.24) is 4.31 Å². The quantitative estimate of drug-likeness (QED) is 0.857. The number of aryl methyl sites for hydroxylation is 1. The predicted molar refractivity (Wildman–Crippen MR) is 85.2 cm³/mol. The van der Waals surface area contributed by atoms with E-state index in [-0.39, 0.29) is 25.1 Å². The summed E-state index contributed by atoms with van der Waals surface area (Å²) in [6.45, 7) is 2.56. The number of benzene rings is 1. The van der Waals surface area contributed by atoms with Gasteiger partial charge >= 0.3 is 0 Å². The Labute approximate surface area is 131 Å². The molecule has 1 aromatic carbocycles. The van der Waals surface area contributed by atoms with Gasteiger partial charge in [0.05, 0.1) is 18.9 Å². The molecule has 0 saturated carbocycles. The minimum absolute atomic E-state index is 0.124. The highest BCUT2D eigenvalue weighted by Gasteiger charge is 2.26. The van der Waals surface area contributed by atoms with Gasteiger partial charge in [0.25, 0.3) is 0 Å². The molecule has 1 N–H and O–H groups in total. The molecule has 0 radical (unpaired) electrons. The monoisotopic (exact) mass is 326 g/mol. The van der Waals surface area contributed by atoms with Crippen LogP contribution in [0.5, 0.6) is 0 Å². The van der Waals surface area contributed by atoms with Crippen molar-refractivity contribution in [3.05, 3.63) is 29.8 Å². The van der Waals surface area contributed by atoms with Gasteiger partial charge in [-0.05, 0) is 31.4 Å². The fourth-order valence-corrected chi connectivity index (χ4v) is 3.18. The van der Waals surface area contributed by atoms with Crippen LogP contribution >= 0.6 is 0 Å². The van der Waals surface area contributed by atoms with E-state index in [0.717, 1.165) is 24.7 Å². The maximum absolute atomic E-state index is 12.1. The van der Waals surface area contributed by atoms with E-state index < -0.39 is 10.0 Å². The summed E-state index contributed by atoms with van der Waals surface area (Å²) in [5, 5.41) is 2.75. The van der Waals surface area contributed by atoms with E-state index in [1.54, 1.807) is 6.07 Å². The Kier molecular flexibility index (Phi) is 5.55. The lowest BCUT2D eigenvalue weighted by molar-refractivity contribution is -0.116. The topological polar surface area (TPSA) is 75.7 Å². The first kappa shape index (κ1) is 16.9.